The molecule has 0 radical (unpaired) electrons. The molecule has 0 aliphatic heterocycles. The van der Waals surface area contributed by atoms with Crippen LogP contribution in [0.1, 0.15) is 23.1 Å². The molecular weight excluding hydrogens is 437 g/mol. The van der Waals surface area contributed by atoms with E-state index in [1.54, 1.807) is 0 Å². The van der Waals surface area contributed by atoms with Gasteiger partial charge >= 0.3 is 5.97 Å². The maximum absolute atomic E-state index is 11.1. The molecule has 0 saturated carbocycles. The monoisotopic (exact) mass is 459 g/mol. The van der Waals surface area contributed by atoms with Gasteiger partial charge in [-0.2, -0.15) is 0 Å². The van der Waals surface area contributed by atoms with Gasteiger partial charge in [-0.25, -0.2) is 0 Å². The summed E-state index contributed by atoms with van der Waals surface area (Å²) in [5.41, 5.74) is 3.48. The molecule has 0 bridgehead atoms. The predicted molar refractivity (Wildman–Crippen MR) is 125 cm³/mol. The molecular formula is C24H23Cl2NO2S. The minimum atomic E-state index is -0.790. The molecule has 0 amide bonds. The SMILES string of the molecule is Cc1cccc(CN(CCC(=O)O)Cc2cccc(Sc3c(Cl)cccc3Cl)c2)c1. The number of benzene rings is 3. The highest BCUT2D eigenvalue weighted by Crippen LogP contribution is 2.38. The van der Waals surface area contributed by atoms with Crippen molar-refractivity contribution in [3.05, 3.63) is 93.5 Å². The van der Waals surface area contributed by atoms with Gasteiger partial charge < -0.3 is 5.11 Å². The lowest BCUT2D eigenvalue weighted by Crippen LogP contribution is -2.25. The zero-order valence-corrected chi connectivity index (χ0v) is 19.0. The summed E-state index contributed by atoms with van der Waals surface area (Å²) in [4.78, 5) is 15.2. The lowest BCUT2D eigenvalue weighted by molar-refractivity contribution is -0.137. The zero-order chi connectivity index (χ0) is 21.5. The van der Waals surface area contributed by atoms with E-state index in [0.29, 0.717) is 29.7 Å². The van der Waals surface area contributed by atoms with Crippen molar-refractivity contribution in [3.63, 3.8) is 0 Å². The van der Waals surface area contributed by atoms with E-state index in [4.69, 9.17) is 28.3 Å². The maximum atomic E-state index is 11.1. The molecule has 0 spiro atoms. The number of hydrogen-bond donors (Lipinski definition) is 1. The second-order valence-electron chi connectivity index (χ2n) is 7.14. The largest absolute Gasteiger partial charge is 0.481 e. The van der Waals surface area contributed by atoms with E-state index >= 15 is 0 Å². The average molecular weight is 460 g/mol. The van der Waals surface area contributed by atoms with E-state index in [1.165, 1.54) is 22.9 Å². The number of halogens is 2. The molecule has 3 aromatic carbocycles. The molecule has 3 rings (SSSR count). The summed E-state index contributed by atoms with van der Waals surface area (Å²) in [5, 5.41) is 10.4. The molecule has 0 heterocycles. The molecule has 0 unspecified atom stereocenters. The highest BCUT2D eigenvalue weighted by atomic mass is 35.5. The van der Waals surface area contributed by atoms with Crippen molar-refractivity contribution in [2.75, 3.05) is 6.54 Å². The van der Waals surface area contributed by atoms with Crippen LogP contribution in [0.15, 0.2) is 76.5 Å². The molecule has 0 aliphatic carbocycles. The van der Waals surface area contributed by atoms with E-state index in [-0.39, 0.29) is 6.42 Å². The Morgan fingerprint density at radius 3 is 2.17 bits per heavy atom. The Morgan fingerprint density at radius 2 is 1.53 bits per heavy atom. The Labute approximate surface area is 191 Å². The number of nitrogens with zero attached hydrogens (tertiary/aromatic N) is 1. The van der Waals surface area contributed by atoms with Gasteiger partial charge in [0.05, 0.1) is 16.5 Å². The lowest BCUT2D eigenvalue weighted by atomic mass is 10.1. The van der Waals surface area contributed by atoms with Crippen molar-refractivity contribution in [1.29, 1.82) is 0 Å². The highest BCUT2D eigenvalue weighted by Gasteiger charge is 2.12. The van der Waals surface area contributed by atoms with Crippen LogP contribution in [0.2, 0.25) is 10.0 Å². The van der Waals surface area contributed by atoms with Crippen LogP contribution < -0.4 is 0 Å². The van der Waals surface area contributed by atoms with Crippen LogP contribution in [-0.2, 0) is 17.9 Å². The van der Waals surface area contributed by atoms with Crippen molar-refractivity contribution in [1.82, 2.24) is 4.90 Å². The molecule has 3 aromatic rings. The third kappa shape index (κ3) is 6.78. The van der Waals surface area contributed by atoms with Gasteiger partial charge in [-0.15, -0.1) is 0 Å². The summed E-state index contributed by atoms with van der Waals surface area (Å²) in [6, 6.07) is 22.0. The second kappa shape index (κ2) is 10.9. The average Bonchev–Trinajstić information content (AvgIpc) is 2.69. The summed E-state index contributed by atoms with van der Waals surface area (Å²) < 4.78 is 0. The molecule has 0 aromatic heterocycles. The Balaban J connectivity index is 1.76. The quantitative estimate of drug-likeness (QED) is 0.376. The third-order valence-corrected chi connectivity index (χ3v) is 6.56. The Bertz CT molecular complexity index is 1010. The molecule has 156 valence electrons. The minimum Gasteiger partial charge on any atom is -0.481 e. The number of carbonyl (C=O) groups is 1. The van der Waals surface area contributed by atoms with Gasteiger partial charge in [0.2, 0.25) is 0 Å². The molecule has 0 atom stereocenters. The molecule has 0 saturated heterocycles. The van der Waals surface area contributed by atoms with Crippen molar-refractivity contribution in [2.45, 2.75) is 36.2 Å². The summed E-state index contributed by atoms with van der Waals surface area (Å²) >= 11 is 14.1. The molecule has 3 nitrogen and oxygen atoms in total. The smallest absolute Gasteiger partial charge is 0.304 e. The molecule has 0 aliphatic rings. The van der Waals surface area contributed by atoms with Crippen LogP contribution in [0.25, 0.3) is 0 Å². The summed E-state index contributed by atoms with van der Waals surface area (Å²) in [6.45, 7) is 3.90. The first kappa shape index (κ1) is 22.7. The second-order valence-corrected chi connectivity index (χ2v) is 9.04. The fourth-order valence-electron chi connectivity index (χ4n) is 3.20. The first-order valence-electron chi connectivity index (χ1n) is 9.61. The van der Waals surface area contributed by atoms with E-state index in [2.05, 4.69) is 42.2 Å². The maximum Gasteiger partial charge on any atom is 0.304 e. The predicted octanol–water partition coefficient (Wildman–Crippen LogP) is 6.93. The summed E-state index contributed by atoms with van der Waals surface area (Å²) in [7, 11) is 0. The minimum absolute atomic E-state index is 0.107. The topological polar surface area (TPSA) is 40.5 Å². The van der Waals surface area contributed by atoms with Crippen LogP contribution in [0.5, 0.6) is 0 Å². The molecule has 0 fully saturated rings. The molecule has 6 heteroatoms. The number of carboxylic acid groups (broad SMARTS) is 1. The Morgan fingerprint density at radius 1 is 0.933 bits per heavy atom. The van der Waals surface area contributed by atoms with E-state index < -0.39 is 5.97 Å². The van der Waals surface area contributed by atoms with Crippen LogP contribution in [-0.4, -0.2) is 22.5 Å². The van der Waals surface area contributed by atoms with Gasteiger partial charge in [-0.05, 0) is 42.3 Å². The van der Waals surface area contributed by atoms with Crippen molar-refractivity contribution >= 4 is 40.9 Å². The van der Waals surface area contributed by atoms with Gasteiger partial charge in [0.25, 0.3) is 0 Å². The van der Waals surface area contributed by atoms with Crippen molar-refractivity contribution in [3.8, 4) is 0 Å². The highest BCUT2D eigenvalue weighted by molar-refractivity contribution is 7.99. The van der Waals surface area contributed by atoms with Gasteiger partial charge in [0.15, 0.2) is 0 Å². The van der Waals surface area contributed by atoms with Gasteiger partial charge in [-0.3, -0.25) is 9.69 Å². The lowest BCUT2D eigenvalue weighted by Gasteiger charge is -2.22. The first-order chi connectivity index (χ1) is 14.4. The third-order valence-electron chi connectivity index (χ3n) is 4.57. The van der Waals surface area contributed by atoms with Crippen LogP contribution in [0.3, 0.4) is 0 Å². The van der Waals surface area contributed by atoms with Crippen LogP contribution in [0.4, 0.5) is 0 Å². The van der Waals surface area contributed by atoms with Crippen LogP contribution in [0, 0.1) is 6.92 Å². The van der Waals surface area contributed by atoms with Gasteiger partial charge in [0, 0.05) is 29.4 Å². The van der Waals surface area contributed by atoms with E-state index in [1.807, 2.05) is 36.4 Å². The fraction of sp³-hybridized carbons (Fsp3) is 0.208. The zero-order valence-electron chi connectivity index (χ0n) is 16.6. The van der Waals surface area contributed by atoms with Crippen molar-refractivity contribution < 1.29 is 9.90 Å². The van der Waals surface area contributed by atoms with E-state index in [0.717, 1.165) is 15.4 Å². The fourth-order valence-corrected chi connectivity index (χ4v) is 4.75. The standard InChI is InChI=1S/C24H23Cl2NO2S/c1-17-5-2-6-18(13-17)15-27(12-11-23(28)29)16-19-7-3-8-20(14-19)30-24-21(25)9-4-10-22(24)26/h2-10,13-14H,11-12,15-16H2,1H3,(H,28,29). The number of aliphatic carboxylic acids is 1. The number of rotatable bonds is 9. The Hall–Kier alpha value is -1.98. The first-order valence-corrected chi connectivity index (χ1v) is 11.2. The molecule has 1 N–H and O–H groups in total. The molecule has 30 heavy (non-hydrogen) atoms. The van der Waals surface area contributed by atoms with Gasteiger partial charge in [0.1, 0.15) is 0 Å². The number of hydrogen-bond acceptors (Lipinski definition) is 3. The summed E-state index contributed by atoms with van der Waals surface area (Å²) in [6.07, 6.45) is 0.107. The summed E-state index contributed by atoms with van der Waals surface area (Å²) in [5.74, 6) is -0.790. The van der Waals surface area contributed by atoms with Gasteiger partial charge in [-0.1, -0.05) is 83.0 Å². The van der Waals surface area contributed by atoms with Crippen LogP contribution >= 0.6 is 35.0 Å². The number of carboxylic acids is 1. The Kier molecular flexibility index (Phi) is 8.23. The van der Waals surface area contributed by atoms with Crippen molar-refractivity contribution in [2.24, 2.45) is 0 Å². The normalized spacial score (nSPS) is 11.1. The number of aryl methyl sites for hydroxylation is 1. The van der Waals surface area contributed by atoms with E-state index in [9.17, 15) is 4.79 Å².